The van der Waals surface area contributed by atoms with Crippen molar-refractivity contribution >= 4 is 11.8 Å². The number of hydrogen-bond donors (Lipinski definition) is 1. The summed E-state index contributed by atoms with van der Waals surface area (Å²) in [6.07, 6.45) is 13.9. The molecule has 3 aliphatic rings. The fraction of sp³-hybridized carbons (Fsp3) is 0.409. The van der Waals surface area contributed by atoms with Crippen LogP contribution in [-0.2, 0) is 9.59 Å². The summed E-state index contributed by atoms with van der Waals surface area (Å²) >= 11 is 0. The Kier molecular flexibility index (Phi) is 10.7. The Balaban J connectivity index is 0.927. The smallest absolute Gasteiger partial charge is 0.245 e. The molecule has 280 valence electrons. The third-order valence-electron chi connectivity index (χ3n) is 11.6. The van der Waals surface area contributed by atoms with Gasteiger partial charge in [0.25, 0.3) is 0 Å². The van der Waals surface area contributed by atoms with E-state index >= 15 is 0 Å². The predicted molar refractivity (Wildman–Crippen MR) is 212 cm³/mol. The van der Waals surface area contributed by atoms with Gasteiger partial charge in [0, 0.05) is 44.1 Å². The second kappa shape index (κ2) is 16.1. The predicted octanol–water partition coefficient (Wildman–Crippen LogP) is 7.44. The molecule has 0 unspecified atom stereocenters. The molecule has 0 spiro atoms. The molecule has 3 aliphatic heterocycles. The van der Waals surface area contributed by atoms with E-state index in [-0.39, 0.29) is 29.9 Å². The molecule has 2 amide bonds. The van der Waals surface area contributed by atoms with Crippen molar-refractivity contribution in [3.05, 3.63) is 115 Å². The molecule has 3 fully saturated rings. The van der Waals surface area contributed by atoms with Crippen LogP contribution in [0.3, 0.4) is 0 Å². The summed E-state index contributed by atoms with van der Waals surface area (Å²) in [5.74, 6) is 2.13. The third-order valence-corrected chi connectivity index (χ3v) is 11.6. The Labute approximate surface area is 318 Å². The number of nitrogens with zero attached hydrogens (tertiary/aromatic N) is 7. The number of piperidine rings is 1. The van der Waals surface area contributed by atoms with Gasteiger partial charge in [0.05, 0.1) is 24.0 Å². The van der Waals surface area contributed by atoms with E-state index in [4.69, 9.17) is 9.97 Å². The minimum Gasteiger partial charge on any atom is -0.340 e. The molecule has 10 heteroatoms. The number of likely N-dealkylation sites (N-methyl/N-ethyl adjacent to an activating group) is 1. The van der Waals surface area contributed by atoms with E-state index in [1.807, 2.05) is 77.7 Å². The molecule has 2 aromatic heterocycles. The Bertz CT molecular complexity index is 2010. The van der Waals surface area contributed by atoms with Crippen LogP contribution in [0.15, 0.2) is 97.5 Å². The first-order chi connectivity index (χ1) is 26.4. The normalized spacial score (nSPS) is 19.8. The highest BCUT2D eigenvalue weighted by Crippen LogP contribution is 2.36. The Morgan fingerprint density at radius 2 is 1.43 bits per heavy atom. The summed E-state index contributed by atoms with van der Waals surface area (Å²) < 4.78 is 2.12. The molecule has 54 heavy (non-hydrogen) atoms. The molecule has 0 aliphatic carbocycles. The highest BCUT2D eigenvalue weighted by molar-refractivity contribution is 5.84. The molecule has 5 heterocycles. The molecule has 3 atom stereocenters. The molecule has 10 nitrogen and oxygen atoms in total. The number of imidazole rings is 2. The van der Waals surface area contributed by atoms with E-state index in [1.165, 1.54) is 19.3 Å². The van der Waals surface area contributed by atoms with E-state index in [2.05, 4.69) is 63.0 Å². The first-order valence-corrected chi connectivity index (χ1v) is 19.8. The van der Waals surface area contributed by atoms with Crippen LogP contribution in [0, 0.1) is 0 Å². The van der Waals surface area contributed by atoms with Crippen molar-refractivity contribution < 1.29 is 9.59 Å². The van der Waals surface area contributed by atoms with Crippen LogP contribution in [0.25, 0.3) is 28.1 Å². The highest BCUT2D eigenvalue weighted by atomic mass is 16.2. The van der Waals surface area contributed by atoms with E-state index in [0.717, 1.165) is 104 Å². The number of amides is 2. The first-order valence-electron chi connectivity index (χ1n) is 19.8. The Hall–Kier alpha value is -5.06. The van der Waals surface area contributed by atoms with E-state index in [1.54, 1.807) is 0 Å². The zero-order valence-electron chi connectivity index (χ0n) is 31.6. The van der Waals surface area contributed by atoms with Crippen molar-refractivity contribution in [2.45, 2.75) is 69.5 Å². The number of benzene rings is 3. The number of carbonyl (C=O) groups is 2. The van der Waals surface area contributed by atoms with Gasteiger partial charge in [-0.3, -0.25) is 14.5 Å². The SMILES string of the molecule is CN(C)[C@@H](C(=O)N1CCC[C@H]1c1nccn1-c1ccc(-c2ccc(-c3cnc([C@@H]4CCCN4C(=O)CCN4CCCCC4)[nH]3)cc2)cc1)c1ccccc1. The summed E-state index contributed by atoms with van der Waals surface area (Å²) in [7, 11) is 3.94. The minimum atomic E-state index is -0.344. The maximum absolute atomic E-state index is 14.0. The maximum Gasteiger partial charge on any atom is 0.245 e. The van der Waals surface area contributed by atoms with Crippen LogP contribution in [0.4, 0.5) is 0 Å². The van der Waals surface area contributed by atoms with Gasteiger partial charge < -0.3 is 24.3 Å². The number of nitrogens with one attached hydrogen (secondary N) is 1. The third kappa shape index (κ3) is 7.50. The topological polar surface area (TPSA) is 93.6 Å². The van der Waals surface area contributed by atoms with Crippen LogP contribution < -0.4 is 0 Å². The zero-order chi connectivity index (χ0) is 37.0. The summed E-state index contributed by atoms with van der Waals surface area (Å²) in [5, 5.41) is 0. The maximum atomic E-state index is 14.0. The van der Waals surface area contributed by atoms with Gasteiger partial charge in [0.1, 0.15) is 17.7 Å². The monoisotopic (exact) mass is 724 g/mol. The largest absolute Gasteiger partial charge is 0.340 e. The van der Waals surface area contributed by atoms with Gasteiger partial charge in [0.15, 0.2) is 0 Å². The Morgan fingerprint density at radius 3 is 2.15 bits per heavy atom. The van der Waals surface area contributed by atoms with Gasteiger partial charge in [-0.25, -0.2) is 9.97 Å². The average molecular weight is 725 g/mol. The standard InChI is InChI=1S/C44H52N8O2/c1-48(2)41(35-11-5-3-6-12-35)44(54)52-28-10-14-39(52)43-45-24-30-50(43)36-21-19-33(20-22-36)32-15-17-34(18-16-32)37-31-46-42(47-37)38-13-9-27-51(38)40(53)23-29-49-25-7-4-8-26-49/h3,5-6,11-12,15-22,24,30-31,38-39,41H,4,7-10,13-14,23,25-29H2,1-2H3,(H,46,47)/t38-,39-,41+/m0/s1. The number of rotatable bonds is 11. The zero-order valence-corrected chi connectivity index (χ0v) is 31.6. The van der Waals surface area contributed by atoms with Crippen LogP contribution >= 0.6 is 0 Å². The molecule has 1 N–H and O–H groups in total. The van der Waals surface area contributed by atoms with Crippen molar-refractivity contribution in [2.75, 3.05) is 46.8 Å². The number of aromatic amines is 1. The van der Waals surface area contributed by atoms with Gasteiger partial charge in [0.2, 0.25) is 11.8 Å². The van der Waals surface area contributed by atoms with Gasteiger partial charge in [-0.2, -0.15) is 0 Å². The number of H-pyrrole nitrogens is 1. The van der Waals surface area contributed by atoms with Crippen LogP contribution in [0.1, 0.15) is 86.7 Å². The van der Waals surface area contributed by atoms with Gasteiger partial charge >= 0.3 is 0 Å². The van der Waals surface area contributed by atoms with Crippen molar-refractivity contribution in [3.63, 3.8) is 0 Å². The minimum absolute atomic E-state index is 0.0166. The van der Waals surface area contributed by atoms with Crippen LogP contribution in [0.2, 0.25) is 0 Å². The fourth-order valence-electron chi connectivity index (χ4n) is 8.77. The number of aromatic nitrogens is 4. The van der Waals surface area contributed by atoms with E-state index < -0.39 is 0 Å². The van der Waals surface area contributed by atoms with Crippen molar-refractivity contribution in [2.24, 2.45) is 0 Å². The first kappa shape index (κ1) is 35.9. The average Bonchev–Trinajstić information content (AvgIpc) is 4.05. The van der Waals surface area contributed by atoms with E-state index in [9.17, 15) is 9.59 Å². The molecule has 3 aromatic carbocycles. The lowest BCUT2D eigenvalue weighted by Crippen LogP contribution is -2.40. The lowest BCUT2D eigenvalue weighted by molar-refractivity contribution is -0.137. The molecule has 0 radical (unpaired) electrons. The molecular formula is C44H52N8O2. The van der Waals surface area contributed by atoms with Gasteiger partial charge in [-0.05, 0) is 100 Å². The van der Waals surface area contributed by atoms with Crippen LogP contribution in [0.5, 0.6) is 0 Å². The van der Waals surface area contributed by atoms with E-state index in [0.29, 0.717) is 6.42 Å². The molecule has 0 saturated carbocycles. The summed E-state index contributed by atoms with van der Waals surface area (Å²) in [6, 6.07) is 26.7. The number of carbonyl (C=O) groups excluding carboxylic acids is 2. The molecular weight excluding hydrogens is 673 g/mol. The lowest BCUT2D eigenvalue weighted by atomic mass is 10.0. The van der Waals surface area contributed by atoms with Crippen molar-refractivity contribution in [3.8, 4) is 28.1 Å². The summed E-state index contributed by atoms with van der Waals surface area (Å²) in [4.78, 5) is 48.9. The quantitative estimate of drug-likeness (QED) is 0.152. The van der Waals surface area contributed by atoms with Crippen LogP contribution in [-0.4, -0.2) is 97.8 Å². The fourth-order valence-corrected chi connectivity index (χ4v) is 8.77. The van der Waals surface area contributed by atoms with Gasteiger partial charge in [-0.1, -0.05) is 73.2 Å². The molecule has 5 aromatic rings. The highest BCUT2D eigenvalue weighted by Gasteiger charge is 2.38. The summed E-state index contributed by atoms with van der Waals surface area (Å²) in [6.45, 7) is 4.62. The molecule has 8 rings (SSSR count). The molecule has 3 saturated heterocycles. The number of hydrogen-bond acceptors (Lipinski definition) is 6. The second-order valence-corrected chi connectivity index (χ2v) is 15.3. The lowest BCUT2D eigenvalue weighted by Gasteiger charge is -2.32. The van der Waals surface area contributed by atoms with Gasteiger partial charge in [-0.15, -0.1) is 0 Å². The molecule has 0 bridgehead atoms. The number of likely N-dealkylation sites (tertiary alicyclic amines) is 3. The Morgan fingerprint density at radius 1 is 0.759 bits per heavy atom. The summed E-state index contributed by atoms with van der Waals surface area (Å²) in [5.41, 5.74) is 6.30. The van der Waals surface area contributed by atoms with Crippen molar-refractivity contribution in [1.82, 2.24) is 39.1 Å². The van der Waals surface area contributed by atoms with Crippen molar-refractivity contribution in [1.29, 1.82) is 0 Å². The second-order valence-electron chi connectivity index (χ2n) is 15.3.